The van der Waals surface area contributed by atoms with E-state index in [-0.39, 0.29) is 13.0 Å². The van der Waals surface area contributed by atoms with Crippen LogP contribution >= 0.6 is 23.5 Å². The monoisotopic (exact) mass is 1050 g/mol. The summed E-state index contributed by atoms with van der Waals surface area (Å²) < 4.78 is 65.6. The highest BCUT2D eigenvalue weighted by atomic mass is 31.2. The van der Waals surface area contributed by atoms with Crippen molar-refractivity contribution in [3.05, 3.63) is 0 Å². The van der Waals surface area contributed by atoms with E-state index in [1.807, 2.05) is 6.92 Å². The van der Waals surface area contributed by atoms with Crippen LogP contribution in [-0.4, -0.2) is 113 Å². The number of rotatable bonds is 45. The van der Waals surface area contributed by atoms with E-state index in [4.69, 9.17) is 18.5 Å². The van der Waals surface area contributed by atoms with Gasteiger partial charge in [-0.05, 0) is 25.7 Å². The number of Topliss-reactive ketones (excluding diaryl/α,β-unsaturated/α-hetero) is 1. The van der Waals surface area contributed by atoms with Crippen LogP contribution in [0.5, 0.6) is 0 Å². The average molecular weight is 1060 g/mol. The second-order valence-electron chi connectivity index (χ2n) is 18.4. The summed E-state index contributed by atoms with van der Waals surface area (Å²) in [7, 11) is -16.6. The minimum absolute atomic E-state index is 0.0160. The molecule has 0 heterocycles. The number of ether oxygens (including phenoxy) is 2. The maximum atomic E-state index is 13.1. The second kappa shape index (κ2) is 38.4. The lowest BCUT2D eigenvalue weighted by atomic mass is 9.85. The molecule has 0 aromatic rings. The third-order valence-electron chi connectivity index (χ3n) is 12.0. The zero-order valence-corrected chi connectivity index (χ0v) is 44.1. The van der Waals surface area contributed by atoms with E-state index in [1.165, 1.54) is 83.5 Å². The Labute approximate surface area is 410 Å². The Hall–Kier alpha value is -1.18. The Morgan fingerprint density at radius 2 is 0.841 bits per heavy atom. The predicted molar refractivity (Wildman–Crippen MR) is 257 cm³/mol. The topological polar surface area (TPSA) is 320 Å². The first-order valence-electron chi connectivity index (χ1n) is 25.7. The molecule has 1 rings (SSSR count). The number of hydrogen-bond acceptors (Lipinski definition) is 15. The van der Waals surface area contributed by atoms with Crippen molar-refractivity contribution in [2.24, 2.45) is 0 Å². The summed E-state index contributed by atoms with van der Waals surface area (Å²) in [6, 6.07) is 0. The molecule has 0 aliphatic heterocycles. The fourth-order valence-corrected chi connectivity index (χ4v) is 10.4. The first-order chi connectivity index (χ1) is 32.7. The van der Waals surface area contributed by atoms with E-state index in [9.17, 15) is 67.9 Å². The van der Waals surface area contributed by atoms with Crippen molar-refractivity contribution in [3.8, 4) is 0 Å². The van der Waals surface area contributed by atoms with Crippen LogP contribution in [0.2, 0.25) is 0 Å². The molecule has 0 aromatic carbocycles. The maximum Gasteiger partial charge on any atom is 0.472 e. The molecule has 8 N–H and O–H groups in total. The van der Waals surface area contributed by atoms with Gasteiger partial charge in [0.2, 0.25) is 0 Å². The van der Waals surface area contributed by atoms with E-state index >= 15 is 0 Å². The van der Waals surface area contributed by atoms with Gasteiger partial charge in [-0.2, -0.15) is 0 Å². The molecule has 1 saturated carbocycles. The number of hydrogen-bond donors (Lipinski definition) is 8. The molecule has 8 atom stereocenters. The van der Waals surface area contributed by atoms with Gasteiger partial charge >= 0.3 is 35.4 Å². The fraction of sp³-hybridized carbons (Fsp3) is 0.935. The molecule has 20 nitrogen and oxygen atoms in total. The van der Waals surface area contributed by atoms with Crippen molar-refractivity contribution < 1.29 is 95.4 Å². The Bertz CT molecular complexity index is 1510. The van der Waals surface area contributed by atoms with E-state index in [2.05, 4.69) is 16.0 Å². The third-order valence-corrected chi connectivity index (χ3v) is 14.1. The van der Waals surface area contributed by atoms with Gasteiger partial charge in [-0.15, -0.1) is 0 Å². The number of unbranched alkanes of at least 4 members (excludes halogenated alkanes) is 25. The number of carbonyl (C=O) groups is 3. The lowest BCUT2D eigenvalue weighted by Crippen LogP contribution is -2.65. The van der Waals surface area contributed by atoms with Crippen molar-refractivity contribution in [2.75, 3.05) is 13.2 Å². The quantitative estimate of drug-likeness (QED) is 0.0160. The number of aliphatic hydroxyl groups is 3. The van der Waals surface area contributed by atoms with Crippen LogP contribution in [0, 0.1) is 0 Å². The Kier molecular flexibility index (Phi) is 36.6. The number of esters is 2. The number of aliphatic hydroxyl groups excluding tert-OH is 3. The van der Waals surface area contributed by atoms with Crippen molar-refractivity contribution in [3.63, 3.8) is 0 Å². The lowest BCUT2D eigenvalue weighted by Gasteiger charge is -2.44. The molecule has 1 aliphatic carbocycles. The van der Waals surface area contributed by atoms with Crippen LogP contribution < -0.4 is 0 Å². The van der Waals surface area contributed by atoms with E-state index in [1.54, 1.807) is 0 Å². The Balaban J connectivity index is 2.65. The zero-order chi connectivity index (χ0) is 51.6. The number of ketones is 1. The molecule has 1 aliphatic rings. The number of carbonyl (C=O) groups excluding carboxylic acids is 3. The lowest BCUT2D eigenvalue weighted by molar-refractivity contribution is -0.213. The molecule has 69 heavy (non-hydrogen) atoms. The molecule has 23 heteroatoms. The minimum atomic E-state index is -5.61. The van der Waals surface area contributed by atoms with Crippen LogP contribution in [0.15, 0.2) is 0 Å². The highest BCUT2D eigenvalue weighted by Gasteiger charge is 2.56. The van der Waals surface area contributed by atoms with Gasteiger partial charge in [0.25, 0.3) is 0 Å². The first-order valence-corrected chi connectivity index (χ1v) is 30.3. The van der Waals surface area contributed by atoms with Gasteiger partial charge in [-0.3, -0.25) is 32.5 Å². The van der Waals surface area contributed by atoms with Gasteiger partial charge in [-0.25, -0.2) is 13.7 Å². The van der Waals surface area contributed by atoms with Gasteiger partial charge < -0.3 is 49.3 Å². The molecule has 0 radical (unpaired) electrons. The predicted octanol–water partition coefficient (Wildman–Crippen LogP) is 9.09. The molecular formula is C46H89O20P3. The summed E-state index contributed by atoms with van der Waals surface area (Å²) in [5, 5.41) is 31.9. The Morgan fingerprint density at radius 1 is 0.449 bits per heavy atom. The summed E-state index contributed by atoms with van der Waals surface area (Å²) in [4.78, 5) is 85.1. The smallest absolute Gasteiger partial charge is 0.466 e. The van der Waals surface area contributed by atoms with E-state index in [0.29, 0.717) is 31.5 Å². The molecule has 4 unspecified atom stereocenters. The van der Waals surface area contributed by atoms with E-state index < -0.39 is 91.2 Å². The fourth-order valence-electron chi connectivity index (χ4n) is 8.26. The van der Waals surface area contributed by atoms with Gasteiger partial charge in [0.05, 0.1) is 19.6 Å². The normalized spacial score (nSPS) is 21.2. The molecule has 0 aromatic heterocycles. The summed E-state index contributed by atoms with van der Waals surface area (Å²) in [5.74, 6) is -1.13. The van der Waals surface area contributed by atoms with Crippen LogP contribution in [0.3, 0.4) is 0 Å². The Morgan fingerprint density at radius 3 is 1.28 bits per heavy atom. The number of phosphoric ester groups is 3. The van der Waals surface area contributed by atoms with Gasteiger partial charge in [0.15, 0.2) is 0 Å². The summed E-state index contributed by atoms with van der Waals surface area (Å²) in [5.41, 5.74) is 0. The van der Waals surface area contributed by atoms with Gasteiger partial charge in [0.1, 0.15) is 48.5 Å². The summed E-state index contributed by atoms with van der Waals surface area (Å²) >= 11 is 0. The average Bonchev–Trinajstić information content (AvgIpc) is 3.26. The van der Waals surface area contributed by atoms with Crippen LogP contribution in [0.25, 0.3) is 0 Å². The molecule has 0 amide bonds. The van der Waals surface area contributed by atoms with Crippen molar-refractivity contribution in [1.82, 2.24) is 0 Å². The molecule has 1 fully saturated rings. The maximum absolute atomic E-state index is 13.1. The van der Waals surface area contributed by atoms with E-state index in [0.717, 1.165) is 83.5 Å². The molecule has 408 valence electrons. The number of phosphoric acid groups is 3. The van der Waals surface area contributed by atoms with Crippen molar-refractivity contribution in [1.29, 1.82) is 0 Å². The minimum Gasteiger partial charge on any atom is -0.466 e. The van der Waals surface area contributed by atoms with Gasteiger partial charge in [0, 0.05) is 19.3 Å². The first kappa shape index (κ1) is 65.8. The molecule has 0 spiro atoms. The second-order valence-corrected chi connectivity index (χ2v) is 22.2. The van der Waals surface area contributed by atoms with Crippen LogP contribution in [0.1, 0.15) is 219 Å². The van der Waals surface area contributed by atoms with Crippen LogP contribution in [-0.2, 0) is 55.6 Å². The zero-order valence-electron chi connectivity index (χ0n) is 41.4. The standard InChI is InChI=1S/C46H89O20P3/c1-3-5-6-7-8-9-10-13-17-20-23-26-29-33-39(48)63-38(35-40(49)61-34-30-27-24-21-18-15-12-11-14-16-19-22-25-28-32-37(47)31-4-2)36-62-69(59,60)66-44-41(50)42(51)45(64-67(53,54)55)46(43(44)52)65-68(56,57)58/h38,41-46,50-52H,3-36H2,1-2H3,(H,59,60)(H2,53,54,55)(H2,56,57,58)/t38-,41+,42-,43?,44?,45?,46+/m1/s1. The third kappa shape index (κ3) is 34.8. The van der Waals surface area contributed by atoms with Crippen molar-refractivity contribution >= 4 is 41.2 Å². The summed E-state index contributed by atoms with van der Waals surface area (Å²) in [6.45, 7) is 3.37. The highest BCUT2D eigenvalue weighted by Crippen LogP contribution is 2.51. The molecule has 0 saturated heterocycles. The SMILES string of the molecule is CCCCCCCCCCCCCCCC(=O)O[C@@H](COP(=O)(O)OC1C(O)[C@H](OP(=O)(O)O)C(OP(=O)(O)O)[C@H](O)[C@@H]1O)CC(=O)OCCCCCCCCCCCCCCCCC(=O)CCC. The van der Waals surface area contributed by atoms with Gasteiger partial charge in [-0.1, -0.05) is 168 Å². The largest absolute Gasteiger partial charge is 0.472 e. The van der Waals surface area contributed by atoms with Crippen LogP contribution in [0.4, 0.5) is 0 Å². The highest BCUT2D eigenvalue weighted by molar-refractivity contribution is 7.47. The molecule has 0 bridgehead atoms. The van der Waals surface area contributed by atoms with Crippen molar-refractivity contribution in [2.45, 2.75) is 262 Å². The molecular weight excluding hydrogens is 965 g/mol. The summed E-state index contributed by atoms with van der Waals surface area (Å²) in [6.07, 6.45) is 14.6.